The molecule has 0 saturated heterocycles. The Morgan fingerprint density at radius 2 is 1.87 bits per heavy atom. The third-order valence-corrected chi connectivity index (χ3v) is 4.22. The molecule has 2 unspecified atom stereocenters. The van der Waals surface area contributed by atoms with Gasteiger partial charge in [0.2, 0.25) is 5.91 Å². The molecule has 0 aliphatic carbocycles. The Balaban J connectivity index is 2.01. The average molecular weight is 308 g/mol. The van der Waals surface area contributed by atoms with Gasteiger partial charge in [-0.1, -0.05) is 36.4 Å². The summed E-state index contributed by atoms with van der Waals surface area (Å²) in [6.07, 6.45) is 0. The van der Waals surface area contributed by atoms with Crippen LogP contribution in [0.3, 0.4) is 0 Å². The summed E-state index contributed by atoms with van der Waals surface area (Å²) in [5.74, 6) is -0.141. The van der Waals surface area contributed by atoms with Crippen molar-refractivity contribution in [3.63, 3.8) is 0 Å². The molecule has 23 heavy (non-hydrogen) atoms. The third kappa shape index (κ3) is 2.72. The van der Waals surface area contributed by atoms with E-state index in [1.807, 2.05) is 50.2 Å². The van der Waals surface area contributed by atoms with Crippen LogP contribution < -0.4 is 10.2 Å². The predicted octanol–water partition coefficient (Wildman–Crippen LogP) is 3.41. The smallest absolute Gasteiger partial charge is 0.249 e. The van der Waals surface area contributed by atoms with E-state index in [-0.39, 0.29) is 17.7 Å². The summed E-state index contributed by atoms with van der Waals surface area (Å²) in [5.41, 5.74) is 3.38. The molecule has 2 aromatic rings. The molecule has 1 amide bonds. The van der Waals surface area contributed by atoms with Gasteiger partial charge in [-0.15, -0.1) is 0 Å². The summed E-state index contributed by atoms with van der Waals surface area (Å²) in [5, 5.41) is 3.21. The van der Waals surface area contributed by atoms with Crippen molar-refractivity contribution in [2.45, 2.75) is 32.9 Å². The maximum atomic E-state index is 12.8. The fourth-order valence-electron chi connectivity index (χ4n) is 2.96. The van der Waals surface area contributed by atoms with Gasteiger partial charge in [0.15, 0.2) is 5.78 Å². The minimum absolute atomic E-state index is 0.0559. The van der Waals surface area contributed by atoms with E-state index in [4.69, 9.17) is 0 Å². The number of hydrogen-bond donors (Lipinski definition) is 1. The SMILES string of the molecule is Cc1ccc2c(c1)NC(C)C(=O)N2C(C)C(=O)c1ccccc1. The highest BCUT2D eigenvalue weighted by molar-refractivity contribution is 6.12. The van der Waals surface area contributed by atoms with Crippen molar-refractivity contribution in [2.24, 2.45) is 0 Å². The fraction of sp³-hybridized carbons (Fsp3) is 0.263. The first-order valence-electron chi connectivity index (χ1n) is 7.78. The number of Topliss-reactive ketones (excluding diaryl/α,β-unsaturated/α-hetero) is 1. The number of benzene rings is 2. The number of fused-ring (bicyclic) bond motifs is 1. The molecule has 0 aromatic heterocycles. The molecule has 0 spiro atoms. The Hall–Kier alpha value is -2.62. The van der Waals surface area contributed by atoms with E-state index in [0.29, 0.717) is 5.56 Å². The highest BCUT2D eigenvalue weighted by atomic mass is 16.2. The highest BCUT2D eigenvalue weighted by Crippen LogP contribution is 2.34. The number of ketones is 1. The van der Waals surface area contributed by atoms with Crippen LogP contribution in [0.2, 0.25) is 0 Å². The van der Waals surface area contributed by atoms with E-state index >= 15 is 0 Å². The zero-order valence-electron chi connectivity index (χ0n) is 13.5. The second-order valence-corrected chi connectivity index (χ2v) is 6.00. The van der Waals surface area contributed by atoms with Gasteiger partial charge < -0.3 is 5.32 Å². The summed E-state index contributed by atoms with van der Waals surface area (Å²) in [7, 11) is 0. The third-order valence-electron chi connectivity index (χ3n) is 4.22. The van der Waals surface area contributed by atoms with Gasteiger partial charge in [0, 0.05) is 5.56 Å². The number of carbonyl (C=O) groups excluding carboxylic acids is 2. The van der Waals surface area contributed by atoms with Crippen LogP contribution in [-0.2, 0) is 4.79 Å². The van der Waals surface area contributed by atoms with Crippen LogP contribution in [0.1, 0.15) is 29.8 Å². The van der Waals surface area contributed by atoms with Crippen molar-refractivity contribution in [3.05, 3.63) is 59.7 Å². The van der Waals surface area contributed by atoms with Crippen LogP contribution in [0.15, 0.2) is 48.5 Å². The summed E-state index contributed by atoms with van der Waals surface area (Å²) in [6.45, 7) is 5.61. The first kappa shape index (κ1) is 15.3. The Bertz CT molecular complexity index is 755. The van der Waals surface area contributed by atoms with Gasteiger partial charge in [-0.05, 0) is 38.5 Å². The lowest BCUT2D eigenvalue weighted by Gasteiger charge is -2.37. The molecule has 3 rings (SSSR count). The molecule has 0 bridgehead atoms. The normalized spacial score (nSPS) is 18.1. The molecule has 0 radical (unpaired) electrons. The molecule has 1 N–H and O–H groups in total. The van der Waals surface area contributed by atoms with Crippen LogP contribution in [-0.4, -0.2) is 23.8 Å². The lowest BCUT2D eigenvalue weighted by Crippen LogP contribution is -2.52. The van der Waals surface area contributed by atoms with Crippen LogP contribution in [0.25, 0.3) is 0 Å². The molecule has 0 saturated carbocycles. The van der Waals surface area contributed by atoms with Gasteiger partial charge in [-0.25, -0.2) is 0 Å². The molecular formula is C19H20N2O2. The molecule has 118 valence electrons. The van der Waals surface area contributed by atoms with Crippen molar-refractivity contribution in [3.8, 4) is 0 Å². The fourth-order valence-corrected chi connectivity index (χ4v) is 2.96. The molecule has 4 nitrogen and oxygen atoms in total. The second kappa shape index (κ2) is 5.88. The van der Waals surface area contributed by atoms with E-state index in [9.17, 15) is 9.59 Å². The molecule has 0 fully saturated rings. The summed E-state index contributed by atoms with van der Waals surface area (Å²) in [6, 6.07) is 14.1. The first-order chi connectivity index (χ1) is 11.0. The molecule has 1 aliphatic heterocycles. The number of nitrogens with zero attached hydrogens (tertiary/aromatic N) is 1. The van der Waals surface area contributed by atoms with Gasteiger partial charge in [-0.2, -0.15) is 0 Å². The summed E-state index contributed by atoms with van der Waals surface area (Å²) in [4.78, 5) is 27.0. The zero-order valence-corrected chi connectivity index (χ0v) is 13.5. The maximum absolute atomic E-state index is 12.8. The van der Waals surface area contributed by atoms with Gasteiger partial charge in [0.1, 0.15) is 6.04 Å². The molecular weight excluding hydrogens is 288 g/mol. The number of nitrogens with one attached hydrogen (secondary N) is 1. The van der Waals surface area contributed by atoms with Gasteiger partial charge in [-0.3, -0.25) is 14.5 Å². The van der Waals surface area contributed by atoms with E-state index in [1.165, 1.54) is 0 Å². The maximum Gasteiger partial charge on any atom is 0.249 e. The number of hydrogen-bond acceptors (Lipinski definition) is 3. The van der Waals surface area contributed by atoms with Crippen LogP contribution in [0, 0.1) is 6.92 Å². The van der Waals surface area contributed by atoms with E-state index < -0.39 is 6.04 Å². The Morgan fingerprint density at radius 1 is 1.17 bits per heavy atom. The monoisotopic (exact) mass is 308 g/mol. The number of anilines is 2. The predicted molar refractivity (Wildman–Crippen MR) is 92.0 cm³/mol. The minimum atomic E-state index is -0.545. The largest absolute Gasteiger partial charge is 0.372 e. The summed E-state index contributed by atoms with van der Waals surface area (Å²) < 4.78 is 0. The number of amides is 1. The van der Waals surface area contributed by atoms with Gasteiger partial charge in [0.25, 0.3) is 0 Å². The quantitative estimate of drug-likeness (QED) is 0.884. The lowest BCUT2D eigenvalue weighted by molar-refractivity contribution is -0.119. The van der Waals surface area contributed by atoms with Crippen molar-refractivity contribution < 1.29 is 9.59 Å². The Morgan fingerprint density at radius 3 is 2.57 bits per heavy atom. The Labute approximate surface area is 136 Å². The second-order valence-electron chi connectivity index (χ2n) is 6.00. The van der Waals surface area contributed by atoms with E-state index in [0.717, 1.165) is 16.9 Å². The molecule has 1 aliphatic rings. The highest BCUT2D eigenvalue weighted by Gasteiger charge is 2.35. The number of rotatable bonds is 3. The number of carbonyl (C=O) groups is 2. The minimum Gasteiger partial charge on any atom is -0.372 e. The van der Waals surface area contributed by atoms with E-state index in [2.05, 4.69) is 5.32 Å². The average Bonchev–Trinajstić information content (AvgIpc) is 2.56. The van der Waals surface area contributed by atoms with Gasteiger partial charge >= 0.3 is 0 Å². The van der Waals surface area contributed by atoms with Crippen molar-refractivity contribution >= 4 is 23.1 Å². The zero-order chi connectivity index (χ0) is 16.6. The molecule has 2 aromatic carbocycles. The summed E-state index contributed by atoms with van der Waals surface area (Å²) >= 11 is 0. The van der Waals surface area contributed by atoms with Crippen molar-refractivity contribution in [1.82, 2.24) is 0 Å². The lowest BCUT2D eigenvalue weighted by atomic mass is 10.00. The van der Waals surface area contributed by atoms with Crippen molar-refractivity contribution in [1.29, 1.82) is 0 Å². The molecule has 1 heterocycles. The molecule has 2 atom stereocenters. The topological polar surface area (TPSA) is 49.4 Å². The van der Waals surface area contributed by atoms with E-state index in [1.54, 1.807) is 24.0 Å². The molecule has 4 heteroatoms. The standard InChI is InChI=1S/C19H20N2O2/c1-12-9-10-17-16(11-12)20-13(2)19(23)21(17)14(3)18(22)15-7-5-4-6-8-15/h4-11,13-14,20H,1-3H3. The van der Waals surface area contributed by atoms with Crippen LogP contribution in [0.4, 0.5) is 11.4 Å². The van der Waals surface area contributed by atoms with Crippen LogP contribution in [0.5, 0.6) is 0 Å². The van der Waals surface area contributed by atoms with Crippen LogP contribution >= 0.6 is 0 Å². The van der Waals surface area contributed by atoms with Crippen molar-refractivity contribution in [2.75, 3.05) is 10.2 Å². The Kier molecular flexibility index (Phi) is 3.90. The number of aryl methyl sites for hydroxylation is 1. The van der Waals surface area contributed by atoms with Gasteiger partial charge in [0.05, 0.1) is 17.4 Å². The first-order valence-corrected chi connectivity index (χ1v) is 7.78.